The van der Waals surface area contributed by atoms with E-state index in [1.807, 2.05) is 0 Å². The van der Waals surface area contributed by atoms with Crippen LogP contribution in [0.2, 0.25) is 0 Å². The van der Waals surface area contributed by atoms with Crippen LogP contribution in [0.3, 0.4) is 0 Å². The molecule has 0 radical (unpaired) electrons. The normalized spacial score (nSPS) is 9.95. The Hall–Kier alpha value is -3.02. The minimum atomic E-state index is -1.06. The van der Waals surface area contributed by atoms with Gasteiger partial charge in [-0.3, -0.25) is 4.79 Å². The van der Waals surface area contributed by atoms with Crippen molar-refractivity contribution in [2.45, 2.75) is 0 Å². The lowest BCUT2D eigenvalue weighted by molar-refractivity contribution is 0.0696. The Kier molecular flexibility index (Phi) is 4.08. The molecule has 6 nitrogen and oxygen atoms in total. The number of ether oxygens (including phenoxy) is 1. The number of rotatable bonds is 4. The predicted molar refractivity (Wildman–Crippen MR) is 78.8 cm³/mol. The number of methoxy groups -OCH3 is 1. The maximum Gasteiger partial charge on any atom is 0.335 e. The maximum absolute atomic E-state index is 12.1. The van der Waals surface area contributed by atoms with Crippen molar-refractivity contribution in [1.82, 2.24) is 0 Å². The molecule has 0 bridgehead atoms. The van der Waals surface area contributed by atoms with Crippen LogP contribution in [0, 0.1) is 0 Å². The molecular weight excluding hydrogens is 272 g/mol. The monoisotopic (exact) mass is 286 g/mol. The molecule has 0 heterocycles. The number of aromatic carboxylic acids is 1. The van der Waals surface area contributed by atoms with Gasteiger partial charge in [0.2, 0.25) is 0 Å². The summed E-state index contributed by atoms with van der Waals surface area (Å²) in [5.41, 5.74) is 6.95. The van der Waals surface area contributed by atoms with E-state index in [2.05, 4.69) is 5.32 Å². The topological polar surface area (TPSA) is 102 Å². The fraction of sp³-hybridized carbons (Fsp3) is 0.0667. The van der Waals surface area contributed by atoms with Gasteiger partial charge in [-0.2, -0.15) is 0 Å². The molecule has 2 aromatic carbocycles. The predicted octanol–water partition coefficient (Wildman–Crippen LogP) is 2.23. The van der Waals surface area contributed by atoms with Gasteiger partial charge in [0.1, 0.15) is 5.75 Å². The summed E-state index contributed by atoms with van der Waals surface area (Å²) in [5, 5.41) is 11.5. The summed E-state index contributed by atoms with van der Waals surface area (Å²) in [5.74, 6) is -0.953. The molecule has 0 aliphatic heterocycles. The van der Waals surface area contributed by atoms with Gasteiger partial charge < -0.3 is 20.9 Å². The number of carbonyl (C=O) groups is 2. The lowest BCUT2D eigenvalue weighted by Crippen LogP contribution is -2.13. The molecule has 0 spiro atoms. The molecule has 0 aliphatic rings. The van der Waals surface area contributed by atoms with E-state index >= 15 is 0 Å². The average Bonchev–Trinajstić information content (AvgIpc) is 2.47. The van der Waals surface area contributed by atoms with Crippen LogP contribution < -0.4 is 15.8 Å². The molecule has 0 saturated heterocycles. The Labute approximate surface area is 121 Å². The van der Waals surface area contributed by atoms with E-state index in [-0.39, 0.29) is 11.5 Å². The number of carboxylic acids is 1. The molecule has 0 atom stereocenters. The van der Waals surface area contributed by atoms with Gasteiger partial charge in [-0.1, -0.05) is 6.07 Å². The second kappa shape index (κ2) is 5.96. The van der Waals surface area contributed by atoms with Crippen molar-refractivity contribution < 1.29 is 19.4 Å². The van der Waals surface area contributed by atoms with Gasteiger partial charge in [-0.25, -0.2) is 4.79 Å². The molecule has 108 valence electrons. The third-order valence-electron chi connectivity index (χ3n) is 2.86. The first kappa shape index (κ1) is 14.4. The van der Waals surface area contributed by atoms with Crippen molar-refractivity contribution in [2.24, 2.45) is 0 Å². The van der Waals surface area contributed by atoms with Crippen LogP contribution in [0.25, 0.3) is 0 Å². The number of hydrogen-bond donors (Lipinski definition) is 3. The van der Waals surface area contributed by atoms with Gasteiger partial charge >= 0.3 is 5.97 Å². The third-order valence-corrected chi connectivity index (χ3v) is 2.86. The van der Waals surface area contributed by atoms with E-state index in [1.54, 1.807) is 24.3 Å². The SMILES string of the molecule is COc1ccc(C(=O)Nc2cccc(C(=O)O)c2)cc1N. The summed E-state index contributed by atoms with van der Waals surface area (Å²) < 4.78 is 5.02. The Balaban J connectivity index is 2.20. The number of carboxylic acid groups (broad SMARTS) is 1. The van der Waals surface area contributed by atoms with E-state index in [0.717, 1.165) is 0 Å². The van der Waals surface area contributed by atoms with Crippen molar-refractivity contribution in [2.75, 3.05) is 18.2 Å². The summed E-state index contributed by atoms with van der Waals surface area (Å²) in [6.45, 7) is 0. The summed E-state index contributed by atoms with van der Waals surface area (Å²) >= 11 is 0. The van der Waals surface area contributed by atoms with E-state index in [4.69, 9.17) is 15.6 Å². The highest BCUT2D eigenvalue weighted by atomic mass is 16.5. The van der Waals surface area contributed by atoms with E-state index < -0.39 is 5.97 Å². The van der Waals surface area contributed by atoms with Crippen molar-refractivity contribution in [1.29, 1.82) is 0 Å². The van der Waals surface area contributed by atoms with E-state index in [9.17, 15) is 9.59 Å². The molecule has 4 N–H and O–H groups in total. The Morgan fingerprint density at radius 1 is 1.14 bits per heavy atom. The van der Waals surface area contributed by atoms with Crippen LogP contribution in [0.15, 0.2) is 42.5 Å². The van der Waals surface area contributed by atoms with Crippen molar-refractivity contribution in [3.05, 3.63) is 53.6 Å². The second-order valence-electron chi connectivity index (χ2n) is 4.30. The standard InChI is InChI=1S/C15H14N2O4/c1-21-13-6-5-9(8-12(13)16)14(18)17-11-4-2-3-10(7-11)15(19)20/h2-8H,16H2,1H3,(H,17,18)(H,19,20). The highest BCUT2D eigenvalue weighted by molar-refractivity contribution is 6.05. The number of carbonyl (C=O) groups excluding carboxylic acids is 1. The summed E-state index contributed by atoms with van der Waals surface area (Å²) in [6.07, 6.45) is 0. The number of amides is 1. The zero-order chi connectivity index (χ0) is 15.4. The molecular formula is C15H14N2O4. The molecule has 0 aromatic heterocycles. The van der Waals surface area contributed by atoms with Crippen LogP contribution >= 0.6 is 0 Å². The average molecular weight is 286 g/mol. The fourth-order valence-electron chi connectivity index (χ4n) is 1.81. The van der Waals surface area contributed by atoms with Crippen molar-refractivity contribution >= 4 is 23.3 Å². The molecule has 6 heteroatoms. The summed E-state index contributed by atoms with van der Waals surface area (Å²) in [4.78, 5) is 23.0. The van der Waals surface area contributed by atoms with Crippen LogP contribution in [0.5, 0.6) is 5.75 Å². The Morgan fingerprint density at radius 2 is 1.90 bits per heavy atom. The first-order valence-electron chi connectivity index (χ1n) is 6.09. The van der Waals surface area contributed by atoms with E-state index in [1.165, 1.54) is 25.3 Å². The number of nitrogens with one attached hydrogen (secondary N) is 1. The Bertz CT molecular complexity index is 698. The molecule has 2 rings (SSSR count). The Morgan fingerprint density at radius 3 is 2.52 bits per heavy atom. The van der Waals surface area contributed by atoms with Crippen LogP contribution in [0.4, 0.5) is 11.4 Å². The third kappa shape index (κ3) is 3.30. The van der Waals surface area contributed by atoms with Gasteiger partial charge in [0.15, 0.2) is 0 Å². The zero-order valence-electron chi connectivity index (χ0n) is 11.3. The molecule has 1 amide bonds. The number of anilines is 2. The largest absolute Gasteiger partial charge is 0.495 e. The highest BCUT2D eigenvalue weighted by Crippen LogP contribution is 2.22. The van der Waals surface area contributed by atoms with Gasteiger partial charge in [-0.15, -0.1) is 0 Å². The smallest absolute Gasteiger partial charge is 0.335 e. The molecule has 0 fully saturated rings. The minimum Gasteiger partial charge on any atom is -0.495 e. The fourth-order valence-corrected chi connectivity index (χ4v) is 1.81. The lowest BCUT2D eigenvalue weighted by atomic mass is 10.1. The van der Waals surface area contributed by atoms with Gasteiger partial charge in [0.25, 0.3) is 5.91 Å². The molecule has 2 aromatic rings. The van der Waals surface area contributed by atoms with Gasteiger partial charge in [0, 0.05) is 11.3 Å². The van der Waals surface area contributed by atoms with Gasteiger partial charge in [0.05, 0.1) is 18.4 Å². The zero-order valence-corrected chi connectivity index (χ0v) is 11.3. The molecule has 0 saturated carbocycles. The number of hydrogen-bond acceptors (Lipinski definition) is 4. The van der Waals surface area contributed by atoms with Crippen LogP contribution in [-0.4, -0.2) is 24.1 Å². The minimum absolute atomic E-state index is 0.0991. The number of nitrogens with two attached hydrogens (primary N) is 1. The van der Waals surface area contributed by atoms with Crippen LogP contribution in [0.1, 0.15) is 20.7 Å². The van der Waals surface area contributed by atoms with Crippen molar-refractivity contribution in [3.63, 3.8) is 0 Å². The quantitative estimate of drug-likeness (QED) is 0.748. The maximum atomic E-state index is 12.1. The second-order valence-corrected chi connectivity index (χ2v) is 4.30. The first-order valence-corrected chi connectivity index (χ1v) is 6.09. The first-order chi connectivity index (χ1) is 10.0. The molecule has 0 unspecified atom stereocenters. The molecule has 21 heavy (non-hydrogen) atoms. The van der Waals surface area contributed by atoms with Crippen LogP contribution in [-0.2, 0) is 0 Å². The van der Waals surface area contributed by atoms with Gasteiger partial charge in [-0.05, 0) is 36.4 Å². The molecule has 0 aliphatic carbocycles. The summed E-state index contributed by atoms with van der Waals surface area (Å²) in [7, 11) is 1.49. The van der Waals surface area contributed by atoms with Crippen molar-refractivity contribution in [3.8, 4) is 5.75 Å². The highest BCUT2D eigenvalue weighted by Gasteiger charge is 2.10. The lowest BCUT2D eigenvalue weighted by Gasteiger charge is -2.08. The number of benzene rings is 2. The summed E-state index contributed by atoms with van der Waals surface area (Å²) in [6, 6.07) is 10.7. The van der Waals surface area contributed by atoms with E-state index in [0.29, 0.717) is 22.7 Å². The number of nitrogen functional groups attached to an aromatic ring is 1.